The normalized spacial score (nSPS) is 28.8. The number of ether oxygens (including phenoxy) is 2. The first kappa shape index (κ1) is 53.1. The molecular weight excluding hydrogens is 811 g/mol. The molecule has 358 valence electrons. The lowest BCUT2D eigenvalue weighted by Gasteiger charge is -2.58. The molecule has 0 unspecified atom stereocenters. The van der Waals surface area contributed by atoms with E-state index in [0.717, 1.165) is 47.2 Å². The average Bonchev–Trinajstić information content (AvgIpc) is 3.48. The van der Waals surface area contributed by atoms with Crippen molar-refractivity contribution in [3.63, 3.8) is 0 Å². The van der Waals surface area contributed by atoms with Crippen LogP contribution in [0.15, 0.2) is 11.6 Å². The van der Waals surface area contributed by atoms with Crippen LogP contribution in [-0.2, 0) is 14.3 Å². The van der Waals surface area contributed by atoms with Gasteiger partial charge in [-0.2, -0.15) is 0 Å². The Hall–Kier alpha value is -1.55. The zero-order chi connectivity index (χ0) is 46.5. The van der Waals surface area contributed by atoms with Crippen LogP contribution < -0.4 is 10.6 Å². The number of nitrogens with one attached hydrogen (secondary N) is 2. The molecule has 8 nitrogen and oxygen atoms in total. The van der Waals surface area contributed by atoms with Gasteiger partial charge < -0.3 is 25.0 Å². The molecule has 4 aliphatic rings. The predicted molar refractivity (Wildman–Crippen MR) is 263 cm³/mol. The van der Waals surface area contributed by atoms with Gasteiger partial charge in [0, 0.05) is 41.6 Å². The fourth-order valence-electron chi connectivity index (χ4n) is 12.3. The number of hydrogen-bond donors (Lipinski definition) is 2. The van der Waals surface area contributed by atoms with Gasteiger partial charge in [0.1, 0.15) is 11.2 Å². The molecule has 2 N–H and O–H groups in total. The summed E-state index contributed by atoms with van der Waals surface area (Å²) in [7, 11) is 3.86. The van der Waals surface area contributed by atoms with Crippen LogP contribution in [0.25, 0.3) is 0 Å². The van der Waals surface area contributed by atoms with Gasteiger partial charge in [0.2, 0.25) is 5.91 Å². The average molecular weight is 904 g/mol. The van der Waals surface area contributed by atoms with E-state index in [1.165, 1.54) is 70.6 Å². The van der Waals surface area contributed by atoms with E-state index in [9.17, 15) is 14.4 Å². The van der Waals surface area contributed by atoms with Crippen molar-refractivity contribution in [2.24, 2.45) is 52.3 Å². The van der Waals surface area contributed by atoms with Gasteiger partial charge in [0.05, 0.1) is 0 Å². The zero-order valence-electron chi connectivity index (χ0n) is 42.5. The van der Waals surface area contributed by atoms with Crippen molar-refractivity contribution in [1.82, 2.24) is 15.5 Å². The minimum absolute atomic E-state index is 0.102. The van der Waals surface area contributed by atoms with Crippen molar-refractivity contribution in [2.45, 2.75) is 228 Å². The first-order chi connectivity index (χ1) is 28.6. The van der Waals surface area contributed by atoms with E-state index in [1.54, 1.807) is 5.57 Å². The molecule has 3 amide bonds. The number of fused-ring (bicyclic) bond motifs is 5. The Bertz CT molecular complexity index is 1490. The first-order valence-corrected chi connectivity index (χ1v) is 27.2. The SMILES string of the molecule is CC[C@H](CC[C@@H](C)[C@H]1CC[C@H]2[C@@H]3CC=C4C[C@@H](SSCCC(=O)N(CCC(C)(C)NC(=O)OC(C)(C)C)CCC(C)(C)NC(=O)OC(C)(C)C)CC[C@]4(C)[C@H]3CC[C@]12C)C(C)C. The second-order valence-corrected chi connectivity index (χ2v) is 27.2. The Morgan fingerprint density at radius 2 is 1.39 bits per heavy atom. The molecule has 9 atom stereocenters. The minimum atomic E-state index is -0.597. The number of alkyl carbamates (subject to hydrolysis) is 2. The summed E-state index contributed by atoms with van der Waals surface area (Å²) in [4.78, 5) is 41.1. The highest BCUT2D eigenvalue weighted by Crippen LogP contribution is 2.68. The summed E-state index contributed by atoms with van der Waals surface area (Å²) >= 11 is 0. The van der Waals surface area contributed by atoms with Crippen molar-refractivity contribution in [3.05, 3.63) is 11.6 Å². The van der Waals surface area contributed by atoms with E-state index in [1.807, 2.05) is 95.7 Å². The Labute approximate surface area is 388 Å². The van der Waals surface area contributed by atoms with Gasteiger partial charge in [-0.15, -0.1) is 0 Å². The number of allylic oxidation sites excluding steroid dienone is 2. The molecule has 3 saturated carbocycles. The molecule has 0 heterocycles. The Kier molecular flexibility index (Phi) is 18.3. The van der Waals surface area contributed by atoms with E-state index in [4.69, 9.17) is 9.47 Å². The maximum absolute atomic E-state index is 13.9. The van der Waals surface area contributed by atoms with Gasteiger partial charge in [-0.25, -0.2) is 9.59 Å². The molecule has 0 saturated heterocycles. The van der Waals surface area contributed by atoms with Crippen LogP contribution in [0, 0.1) is 52.3 Å². The van der Waals surface area contributed by atoms with E-state index in [2.05, 4.69) is 58.3 Å². The number of carbonyl (C=O) groups excluding carboxylic acids is 3. The molecule has 4 rings (SSSR count). The van der Waals surface area contributed by atoms with Gasteiger partial charge in [0.25, 0.3) is 0 Å². The lowest BCUT2D eigenvalue weighted by molar-refractivity contribution is -0.131. The third-order valence-corrected chi connectivity index (χ3v) is 18.8. The van der Waals surface area contributed by atoms with Crippen LogP contribution in [-0.4, -0.2) is 69.4 Å². The van der Waals surface area contributed by atoms with Crippen molar-refractivity contribution >= 4 is 39.7 Å². The van der Waals surface area contributed by atoms with Gasteiger partial charge in [-0.05, 0) is 192 Å². The summed E-state index contributed by atoms with van der Waals surface area (Å²) in [6.45, 7) is 35.1. The molecule has 4 aliphatic carbocycles. The monoisotopic (exact) mass is 904 g/mol. The standard InChI is InChI=1S/C52H93N3O5S2/c1-17-37(35(2)3)19-18-36(4)41-22-23-42-40-21-20-38-34-39(24-27-51(38,15)43(40)25-28-52(41,42)16)62-61-33-26-44(56)55(31-29-49(11,12)53-45(57)59-47(5,6)7)32-30-50(13,14)54-46(58)60-48(8,9)10/h20,35-37,39-43H,17-19,21-34H2,1-16H3,(H,53,57)(H,54,58)/t36-,37-,39+,40+,41-,42+,43+,51+,52-/m1/s1. The highest BCUT2D eigenvalue weighted by atomic mass is 33.1. The summed E-state index contributed by atoms with van der Waals surface area (Å²) in [5.41, 5.74) is 0.232. The summed E-state index contributed by atoms with van der Waals surface area (Å²) in [5.74, 6) is 6.82. The second kappa shape index (κ2) is 21.4. The third kappa shape index (κ3) is 14.7. The molecule has 0 radical (unpaired) electrons. The fourth-order valence-corrected chi connectivity index (χ4v) is 14.9. The smallest absolute Gasteiger partial charge is 0.408 e. The lowest BCUT2D eigenvalue weighted by Crippen LogP contribution is -2.50. The highest BCUT2D eigenvalue weighted by molar-refractivity contribution is 8.76. The first-order valence-electron chi connectivity index (χ1n) is 24.9. The fraction of sp³-hybridized carbons (Fsp3) is 0.904. The Morgan fingerprint density at radius 3 is 1.92 bits per heavy atom. The van der Waals surface area contributed by atoms with Crippen molar-refractivity contribution in [1.29, 1.82) is 0 Å². The summed E-state index contributed by atoms with van der Waals surface area (Å²) in [6, 6.07) is 0. The number of rotatable bonds is 19. The van der Waals surface area contributed by atoms with Gasteiger partial charge in [-0.1, -0.05) is 87.6 Å². The van der Waals surface area contributed by atoms with E-state index in [-0.39, 0.29) is 5.91 Å². The van der Waals surface area contributed by atoms with Crippen LogP contribution in [0.1, 0.15) is 201 Å². The van der Waals surface area contributed by atoms with Crippen LogP contribution in [0.3, 0.4) is 0 Å². The van der Waals surface area contributed by atoms with Crippen molar-refractivity contribution in [2.75, 3.05) is 18.8 Å². The van der Waals surface area contributed by atoms with Gasteiger partial charge in [0.15, 0.2) is 0 Å². The van der Waals surface area contributed by atoms with E-state index < -0.39 is 34.5 Å². The molecule has 3 fully saturated rings. The number of carbonyl (C=O) groups is 3. The molecule has 0 aromatic carbocycles. The van der Waals surface area contributed by atoms with Crippen LogP contribution in [0.5, 0.6) is 0 Å². The minimum Gasteiger partial charge on any atom is -0.444 e. The summed E-state index contributed by atoms with van der Waals surface area (Å²) < 4.78 is 11.0. The molecule has 0 spiro atoms. The molecule has 0 aliphatic heterocycles. The maximum atomic E-state index is 13.9. The van der Waals surface area contributed by atoms with Crippen LogP contribution in [0.4, 0.5) is 9.59 Å². The van der Waals surface area contributed by atoms with Crippen LogP contribution in [0.2, 0.25) is 0 Å². The molecule has 62 heavy (non-hydrogen) atoms. The molecule has 0 aromatic heterocycles. The Morgan fingerprint density at radius 1 is 0.806 bits per heavy atom. The van der Waals surface area contributed by atoms with Crippen molar-refractivity contribution < 1.29 is 23.9 Å². The molecule has 10 heteroatoms. The van der Waals surface area contributed by atoms with E-state index in [0.29, 0.717) is 48.4 Å². The second-order valence-electron chi connectivity index (χ2n) is 24.4. The molecule has 0 aromatic rings. The lowest BCUT2D eigenvalue weighted by atomic mass is 9.47. The number of nitrogens with zero attached hydrogens (tertiary/aromatic N) is 1. The maximum Gasteiger partial charge on any atom is 0.408 e. The Balaban J connectivity index is 1.31. The quantitative estimate of drug-likeness (QED) is 0.0757. The molecule has 0 bridgehead atoms. The highest BCUT2D eigenvalue weighted by Gasteiger charge is 2.59. The largest absolute Gasteiger partial charge is 0.444 e. The predicted octanol–water partition coefficient (Wildman–Crippen LogP) is 14.0. The van der Waals surface area contributed by atoms with Crippen molar-refractivity contribution in [3.8, 4) is 0 Å². The van der Waals surface area contributed by atoms with Gasteiger partial charge >= 0.3 is 12.2 Å². The summed E-state index contributed by atoms with van der Waals surface area (Å²) in [5, 5.41) is 6.58. The molecular formula is C52H93N3O5S2. The van der Waals surface area contributed by atoms with E-state index >= 15 is 0 Å². The number of hydrogen-bond acceptors (Lipinski definition) is 7. The van der Waals surface area contributed by atoms with Gasteiger partial charge in [-0.3, -0.25) is 4.79 Å². The summed E-state index contributed by atoms with van der Waals surface area (Å²) in [6.07, 6.45) is 18.2. The topological polar surface area (TPSA) is 97.0 Å². The van der Waals surface area contributed by atoms with Crippen LogP contribution >= 0.6 is 21.6 Å². The third-order valence-electron chi connectivity index (χ3n) is 15.9. The number of amides is 3. The zero-order valence-corrected chi connectivity index (χ0v) is 44.2.